The van der Waals surface area contributed by atoms with E-state index in [9.17, 15) is 4.79 Å². The summed E-state index contributed by atoms with van der Waals surface area (Å²) in [6.07, 6.45) is 6.76. The molecule has 98 valence electrons. The maximum Gasteiger partial charge on any atom is 0.222 e. The average Bonchev–Trinajstić information content (AvgIpc) is 2.40. The molecule has 0 bridgehead atoms. The zero-order valence-electron chi connectivity index (χ0n) is 11.5. The molecule has 1 aliphatic carbocycles. The quantitative estimate of drug-likeness (QED) is 0.799. The fourth-order valence-corrected chi connectivity index (χ4v) is 3.04. The van der Waals surface area contributed by atoms with Crippen LogP contribution in [0.3, 0.4) is 0 Å². The van der Waals surface area contributed by atoms with E-state index in [1.54, 1.807) is 4.90 Å². The highest BCUT2D eigenvalue weighted by Gasteiger charge is 2.36. The lowest BCUT2D eigenvalue weighted by atomic mass is 9.67. The fourth-order valence-electron chi connectivity index (χ4n) is 3.04. The topological polar surface area (TPSA) is 20.3 Å². The van der Waals surface area contributed by atoms with E-state index in [0.29, 0.717) is 6.42 Å². The fraction of sp³-hybridized carbons (Fsp3) is 0.562. The molecular weight excluding hydrogens is 222 g/mol. The number of amides is 1. The van der Waals surface area contributed by atoms with Crippen LogP contribution >= 0.6 is 0 Å². The molecule has 0 saturated heterocycles. The van der Waals surface area contributed by atoms with Gasteiger partial charge in [-0.1, -0.05) is 49.6 Å². The van der Waals surface area contributed by atoms with Crippen LogP contribution in [0, 0.1) is 0 Å². The summed E-state index contributed by atoms with van der Waals surface area (Å²) in [6.45, 7) is 0. The Morgan fingerprint density at radius 3 is 2.28 bits per heavy atom. The highest BCUT2D eigenvalue weighted by molar-refractivity contribution is 5.77. The van der Waals surface area contributed by atoms with Crippen molar-refractivity contribution in [2.75, 3.05) is 14.1 Å². The summed E-state index contributed by atoms with van der Waals surface area (Å²) in [4.78, 5) is 13.8. The van der Waals surface area contributed by atoms with E-state index < -0.39 is 0 Å². The number of carbonyl (C=O) groups excluding carboxylic acids is 1. The molecule has 18 heavy (non-hydrogen) atoms. The van der Waals surface area contributed by atoms with Gasteiger partial charge in [-0.05, 0) is 18.4 Å². The Bertz CT molecular complexity index is 391. The Morgan fingerprint density at radius 2 is 1.72 bits per heavy atom. The van der Waals surface area contributed by atoms with Crippen molar-refractivity contribution in [1.82, 2.24) is 4.90 Å². The van der Waals surface area contributed by atoms with Crippen molar-refractivity contribution >= 4 is 5.91 Å². The van der Waals surface area contributed by atoms with E-state index >= 15 is 0 Å². The van der Waals surface area contributed by atoms with Crippen molar-refractivity contribution in [3.05, 3.63) is 35.9 Å². The third kappa shape index (κ3) is 2.74. The Hall–Kier alpha value is -1.31. The molecule has 0 N–H and O–H groups in total. The molecule has 0 radical (unpaired) electrons. The minimum Gasteiger partial charge on any atom is -0.349 e. The molecule has 1 saturated carbocycles. The molecule has 2 heteroatoms. The van der Waals surface area contributed by atoms with Gasteiger partial charge in [0.15, 0.2) is 0 Å². The number of benzene rings is 1. The summed E-state index contributed by atoms with van der Waals surface area (Å²) in [5, 5.41) is 0. The molecule has 1 fully saturated rings. The molecule has 2 nitrogen and oxygen atoms in total. The zero-order valence-corrected chi connectivity index (χ0v) is 11.5. The van der Waals surface area contributed by atoms with Crippen molar-refractivity contribution in [3.8, 4) is 0 Å². The van der Waals surface area contributed by atoms with Crippen LogP contribution in [0.2, 0.25) is 0 Å². The van der Waals surface area contributed by atoms with Crippen LogP contribution < -0.4 is 0 Å². The minimum atomic E-state index is 0.0842. The molecule has 0 unspecified atom stereocenters. The largest absolute Gasteiger partial charge is 0.349 e. The van der Waals surface area contributed by atoms with Crippen LogP contribution in [-0.4, -0.2) is 24.9 Å². The Kier molecular flexibility index (Phi) is 4.05. The maximum absolute atomic E-state index is 12.1. The lowest BCUT2D eigenvalue weighted by Crippen LogP contribution is -2.36. The molecule has 0 spiro atoms. The van der Waals surface area contributed by atoms with Crippen molar-refractivity contribution in [1.29, 1.82) is 0 Å². The highest BCUT2D eigenvalue weighted by Crippen LogP contribution is 2.42. The van der Waals surface area contributed by atoms with Gasteiger partial charge in [0, 0.05) is 25.9 Å². The van der Waals surface area contributed by atoms with Gasteiger partial charge in [0.1, 0.15) is 0 Å². The smallest absolute Gasteiger partial charge is 0.222 e. The van der Waals surface area contributed by atoms with Crippen molar-refractivity contribution in [2.24, 2.45) is 0 Å². The second-order valence-electron chi connectivity index (χ2n) is 5.67. The molecule has 1 aromatic rings. The van der Waals surface area contributed by atoms with Crippen LogP contribution in [0.15, 0.2) is 30.3 Å². The van der Waals surface area contributed by atoms with Gasteiger partial charge in [0.25, 0.3) is 0 Å². The van der Waals surface area contributed by atoms with Crippen LogP contribution in [0.25, 0.3) is 0 Å². The summed E-state index contributed by atoms with van der Waals surface area (Å²) in [5.41, 5.74) is 1.43. The van der Waals surface area contributed by atoms with Gasteiger partial charge in [-0.15, -0.1) is 0 Å². The van der Waals surface area contributed by atoms with Gasteiger partial charge < -0.3 is 4.90 Å². The number of nitrogens with zero attached hydrogens (tertiary/aromatic N) is 1. The SMILES string of the molecule is CN(C)C(=O)CC1(c2ccccc2)CCCCC1. The van der Waals surface area contributed by atoms with E-state index in [-0.39, 0.29) is 11.3 Å². The zero-order chi connectivity index (χ0) is 13.0. The molecule has 2 rings (SSSR count). The highest BCUT2D eigenvalue weighted by atomic mass is 16.2. The number of carbonyl (C=O) groups is 1. The first-order chi connectivity index (χ1) is 8.64. The van der Waals surface area contributed by atoms with Gasteiger partial charge in [-0.2, -0.15) is 0 Å². The second kappa shape index (κ2) is 5.55. The predicted octanol–water partition coefficient (Wildman–Crippen LogP) is 3.37. The first-order valence-electron chi connectivity index (χ1n) is 6.90. The van der Waals surface area contributed by atoms with Crippen LogP contribution in [0.5, 0.6) is 0 Å². The number of hydrogen-bond acceptors (Lipinski definition) is 1. The van der Waals surface area contributed by atoms with E-state index in [1.807, 2.05) is 20.2 Å². The van der Waals surface area contributed by atoms with Crippen molar-refractivity contribution < 1.29 is 4.79 Å². The Morgan fingerprint density at radius 1 is 1.11 bits per heavy atom. The van der Waals surface area contributed by atoms with Gasteiger partial charge in [-0.3, -0.25) is 4.79 Å². The Balaban J connectivity index is 2.26. The van der Waals surface area contributed by atoms with E-state index in [4.69, 9.17) is 0 Å². The van der Waals surface area contributed by atoms with Crippen molar-refractivity contribution in [3.63, 3.8) is 0 Å². The molecule has 1 aromatic carbocycles. The third-order valence-electron chi connectivity index (χ3n) is 4.19. The van der Waals surface area contributed by atoms with E-state index in [2.05, 4.69) is 24.3 Å². The van der Waals surface area contributed by atoms with E-state index in [1.165, 1.54) is 24.8 Å². The van der Waals surface area contributed by atoms with Crippen LogP contribution in [-0.2, 0) is 10.2 Å². The predicted molar refractivity (Wildman–Crippen MR) is 74.5 cm³/mol. The van der Waals surface area contributed by atoms with E-state index in [0.717, 1.165) is 12.8 Å². The van der Waals surface area contributed by atoms with Gasteiger partial charge in [0.2, 0.25) is 5.91 Å². The monoisotopic (exact) mass is 245 g/mol. The first-order valence-corrected chi connectivity index (χ1v) is 6.90. The summed E-state index contributed by atoms with van der Waals surface area (Å²) >= 11 is 0. The van der Waals surface area contributed by atoms with Gasteiger partial charge in [0.05, 0.1) is 0 Å². The minimum absolute atomic E-state index is 0.0842. The molecule has 0 heterocycles. The summed E-state index contributed by atoms with van der Waals surface area (Å²) in [6, 6.07) is 10.6. The summed E-state index contributed by atoms with van der Waals surface area (Å²) in [5.74, 6) is 0.251. The molecule has 0 aliphatic heterocycles. The molecule has 1 aliphatic rings. The third-order valence-corrected chi connectivity index (χ3v) is 4.19. The number of hydrogen-bond donors (Lipinski definition) is 0. The number of rotatable bonds is 3. The first kappa shape index (κ1) is 13.1. The second-order valence-corrected chi connectivity index (χ2v) is 5.67. The summed E-state index contributed by atoms with van der Waals surface area (Å²) < 4.78 is 0. The summed E-state index contributed by atoms with van der Waals surface area (Å²) in [7, 11) is 3.70. The van der Waals surface area contributed by atoms with Crippen LogP contribution in [0.4, 0.5) is 0 Å². The lowest BCUT2D eigenvalue weighted by molar-refractivity contribution is -0.130. The van der Waals surface area contributed by atoms with Gasteiger partial charge in [-0.25, -0.2) is 0 Å². The normalized spacial score (nSPS) is 18.3. The molecular formula is C16H23NO. The Labute approximate surface area is 110 Å². The van der Waals surface area contributed by atoms with Crippen molar-refractivity contribution in [2.45, 2.75) is 43.9 Å². The standard InChI is InChI=1S/C16H23NO/c1-17(2)15(18)13-16(11-7-4-8-12-16)14-9-5-3-6-10-14/h3,5-6,9-10H,4,7-8,11-13H2,1-2H3. The maximum atomic E-state index is 12.1. The van der Waals surface area contributed by atoms with Crippen LogP contribution in [0.1, 0.15) is 44.1 Å². The lowest BCUT2D eigenvalue weighted by Gasteiger charge is -2.38. The molecule has 1 amide bonds. The van der Waals surface area contributed by atoms with Gasteiger partial charge >= 0.3 is 0 Å². The molecule has 0 atom stereocenters. The molecule has 0 aromatic heterocycles. The average molecular weight is 245 g/mol.